The van der Waals surface area contributed by atoms with Crippen molar-refractivity contribution in [3.8, 4) is 0 Å². The van der Waals surface area contributed by atoms with Crippen molar-refractivity contribution in [2.75, 3.05) is 19.3 Å². The SMILES string of the molecule is CC(C)c1ccc(CNCCNS(C)(=O)=O)o1. The van der Waals surface area contributed by atoms with E-state index in [4.69, 9.17) is 4.42 Å². The molecule has 0 spiro atoms. The van der Waals surface area contributed by atoms with Crippen molar-refractivity contribution in [1.29, 1.82) is 0 Å². The zero-order valence-corrected chi connectivity index (χ0v) is 11.3. The van der Waals surface area contributed by atoms with E-state index in [1.54, 1.807) is 0 Å². The lowest BCUT2D eigenvalue weighted by molar-refractivity contribution is 0.433. The van der Waals surface area contributed by atoms with Crippen LogP contribution in [0.25, 0.3) is 0 Å². The van der Waals surface area contributed by atoms with Gasteiger partial charge in [0.05, 0.1) is 12.8 Å². The Labute approximate surface area is 103 Å². The molecular weight excluding hydrogens is 240 g/mol. The summed E-state index contributed by atoms with van der Waals surface area (Å²) in [5.41, 5.74) is 0. The highest BCUT2D eigenvalue weighted by atomic mass is 32.2. The van der Waals surface area contributed by atoms with E-state index in [0.717, 1.165) is 17.8 Å². The standard InChI is InChI=1S/C11H20N2O3S/c1-9(2)11-5-4-10(16-11)8-12-6-7-13-17(3,14)15/h4-5,9,12-13H,6-8H2,1-3H3. The van der Waals surface area contributed by atoms with Gasteiger partial charge in [-0.1, -0.05) is 13.8 Å². The predicted octanol–water partition coefficient (Wildman–Crippen LogP) is 1.04. The second-order valence-electron chi connectivity index (χ2n) is 4.30. The Hall–Kier alpha value is -0.850. The predicted molar refractivity (Wildman–Crippen MR) is 67.4 cm³/mol. The summed E-state index contributed by atoms with van der Waals surface area (Å²) in [6.07, 6.45) is 1.15. The topological polar surface area (TPSA) is 71.3 Å². The van der Waals surface area contributed by atoms with Gasteiger partial charge in [0.15, 0.2) is 0 Å². The molecule has 0 atom stereocenters. The highest BCUT2D eigenvalue weighted by Crippen LogP contribution is 2.17. The maximum absolute atomic E-state index is 10.8. The van der Waals surface area contributed by atoms with Crippen molar-refractivity contribution < 1.29 is 12.8 Å². The number of hydrogen-bond acceptors (Lipinski definition) is 4. The summed E-state index contributed by atoms with van der Waals surface area (Å²) in [7, 11) is -3.09. The van der Waals surface area contributed by atoms with Crippen LogP contribution in [-0.4, -0.2) is 27.8 Å². The molecule has 0 amide bonds. The zero-order chi connectivity index (χ0) is 12.9. The molecule has 0 aliphatic heterocycles. The van der Waals surface area contributed by atoms with Gasteiger partial charge in [-0.05, 0) is 12.1 Å². The van der Waals surface area contributed by atoms with E-state index in [9.17, 15) is 8.42 Å². The van der Waals surface area contributed by atoms with Gasteiger partial charge in [0.2, 0.25) is 10.0 Å². The van der Waals surface area contributed by atoms with E-state index in [-0.39, 0.29) is 0 Å². The van der Waals surface area contributed by atoms with Crippen LogP contribution in [0.5, 0.6) is 0 Å². The highest BCUT2D eigenvalue weighted by molar-refractivity contribution is 7.88. The van der Waals surface area contributed by atoms with Crippen LogP contribution in [0.3, 0.4) is 0 Å². The first-order valence-corrected chi connectivity index (χ1v) is 7.51. The van der Waals surface area contributed by atoms with E-state index in [1.807, 2.05) is 12.1 Å². The van der Waals surface area contributed by atoms with Crippen molar-refractivity contribution >= 4 is 10.0 Å². The van der Waals surface area contributed by atoms with E-state index in [2.05, 4.69) is 23.9 Å². The molecule has 0 saturated heterocycles. The molecule has 1 aromatic rings. The van der Waals surface area contributed by atoms with Gasteiger partial charge in [-0.15, -0.1) is 0 Å². The van der Waals surface area contributed by atoms with Crippen LogP contribution in [0, 0.1) is 0 Å². The minimum atomic E-state index is -3.09. The van der Waals surface area contributed by atoms with E-state index in [1.165, 1.54) is 0 Å². The quantitative estimate of drug-likeness (QED) is 0.719. The summed E-state index contributed by atoms with van der Waals surface area (Å²) in [6.45, 7) is 5.72. The average Bonchev–Trinajstić information content (AvgIpc) is 2.64. The molecule has 0 radical (unpaired) electrons. The Bertz CT molecular complexity index is 437. The van der Waals surface area contributed by atoms with Crippen molar-refractivity contribution in [3.05, 3.63) is 23.7 Å². The van der Waals surface area contributed by atoms with Gasteiger partial charge in [-0.25, -0.2) is 13.1 Å². The van der Waals surface area contributed by atoms with E-state index < -0.39 is 10.0 Å². The van der Waals surface area contributed by atoms with Gasteiger partial charge < -0.3 is 9.73 Å². The minimum Gasteiger partial charge on any atom is -0.464 e. The number of sulfonamides is 1. The zero-order valence-electron chi connectivity index (χ0n) is 10.5. The van der Waals surface area contributed by atoms with Crippen molar-refractivity contribution in [3.63, 3.8) is 0 Å². The maximum atomic E-state index is 10.8. The van der Waals surface area contributed by atoms with Crippen LogP contribution < -0.4 is 10.0 Å². The normalized spacial score (nSPS) is 12.2. The summed E-state index contributed by atoms with van der Waals surface area (Å²) in [6, 6.07) is 3.91. The fraction of sp³-hybridized carbons (Fsp3) is 0.636. The number of furan rings is 1. The fourth-order valence-electron chi connectivity index (χ4n) is 1.34. The fourth-order valence-corrected chi connectivity index (χ4v) is 1.81. The lowest BCUT2D eigenvalue weighted by Gasteiger charge is -2.04. The highest BCUT2D eigenvalue weighted by Gasteiger charge is 2.05. The van der Waals surface area contributed by atoms with Gasteiger partial charge in [-0.3, -0.25) is 0 Å². The molecule has 17 heavy (non-hydrogen) atoms. The molecule has 0 saturated carbocycles. The molecule has 1 rings (SSSR count). The third kappa shape index (κ3) is 5.86. The minimum absolute atomic E-state index is 0.385. The van der Waals surface area contributed by atoms with Crippen LogP contribution in [-0.2, 0) is 16.6 Å². The Morgan fingerprint density at radius 3 is 2.53 bits per heavy atom. The van der Waals surface area contributed by atoms with Gasteiger partial charge >= 0.3 is 0 Å². The van der Waals surface area contributed by atoms with E-state index >= 15 is 0 Å². The summed E-state index contributed by atoms with van der Waals surface area (Å²) in [5, 5.41) is 3.11. The van der Waals surface area contributed by atoms with Crippen LogP contribution in [0.15, 0.2) is 16.5 Å². The van der Waals surface area contributed by atoms with E-state index in [0.29, 0.717) is 25.6 Å². The lowest BCUT2D eigenvalue weighted by Crippen LogP contribution is -2.30. The van der Waals surface area contributed by atoms with Crippen LogP contribution in [0.1, 0.15) is 31.3 Å². The smallest absolute Gasteiger partial charge is 0.208 e. The van der Waals surface area contributed by atoms with Crippen LogP contribution in [0.4, 0.5) is 0 Å². The first-order valence-electron chi connectivity index (χ1n) is 5.62. The van der Waals surface area contributed by atoms with Gasteiger partial charge in [0.1, 0.15) is 11.5 Å². The molecule has 0 aliphatic carbocycles. The van der Waals surface area contributed by atoms with Gasteiger partial charge in [0.25, 0.3) is 0 Å². The first-order chi connectivity index (χ1) is 7.88. The molecule has 98 valence electrons. The molecule has 0 bridgehead atoms. The van der Waals surface area contributed by atoms with Gasteiger partial charge in [0, 0.05) is 19.0 Å². The van der Waals surface area contributed by atoms with Crippen molar-refractivity contribution in [2.24, 2.45) is 0 Å². The lowest BCUT2D eigenvalue weighted by atomic mass is 10.2. The summed E-state index contributed by atoms with van der Waals surface area (Å²) in [5.74, 6) is 2.22. The van der Waals surface area contributed by atoms with Crippen molar-refractivity contribution in [2.45, 2.75) is 26.3 Å². The Kier molecular flexibility index (Phi) is 5.17. The Morgan fingerprint density at radius 1 is 1.29 bits per heavy atom. The molecular formula is C11H20N2O3S. The van der Waals surface area contributed by atoms with Crippen LogP contribution in [0.2, 0.25) is 0 Å². The molecule has 0 fully saturated rings. The van der Waals surface area contributed by atoms with Crippen LogP contribution >= 0.6 is 0 Å². The summed E-state index contributed by atoms with van der Waals surface area (Å²) < 4.78 is 29.6. The molecule has 5 nitrogen and oxygen atoms in total. The molecule has 2 N–H and O–H groups in total. The molecule has 0 aliphatic rings. The molecule has 6 heteroatoms. The summed E-state index contributed by atoms with van der Waals surface area (Å²) >= 11 is 0. The first kappa shape index (κ1) is 14.2. The summed E-state index contributed by atoms with van der Waals surface area (Å²) in [4.78, 5) is 0. The third-order valence-electron chi connectivity index (χ3n) is 2.22. The Balaban J connectivity index is 2.22. The third-order valence-corrected chi connectivity index (χ3v) is 2.95. The number of nitrogens with one attached hydrogen (secondary N) is 2. The van der Waals surface area contributed by atoms with Gasteiger partial charge in [-0.2, -0.15) is 0 Å². The van der Waals surface area contributed by atoms with Crippen molar-refractivity contribution in [1.82, 2.24) is 10.0 Å². The average molecular weight is 260 g/mol. The largest absolute Gasteiger partial charge is 0.464 e. The monoisotopic (exact) mass is 260 g/mol. The molecule has 0 unspecified atom stereocenters. The molecule has 1 aromatic heterocycles. The number of hydrogen-bond donors (Lipinski definition) is 2. The second kappa shape index (κ2) is 6.18. The number of rotatable bonds is 7. The molecule has 0 aromatic carbocycles. The second-order valence-corrected chi connectivity index (χ2v) is 6.14. The molecule has 1 heterocycles. The maximum Gasteiger partial charge on any atom is 0.208 e. The Morgan fingerprint density at radius 2 is 2.00 bits per heavy atom.